The molecule has 96 valence electrons. The van der Waals surface area contributed by atoms with Crippen molar-refractivity contribution in [2.24, 2.45) is 11.8 Å². The van der Waals surface area contributed by atoms with Crippen LogP contribution in [-0.4, -0.2) is 18.7 Å². The van der Waals surface area contributed by atoms with Crippen molar-refractivity contribution in [2.45, 2.75) is 31.8 Å². The second-order valence-corrected chi connectivity index (χ2v) is 5.64. The van der Waals surface area contributed by atoms with E-state index in [-0.39, 0.29) is 0 Å². The van der Waals surface area contributed by atoms with E-state index in [0.717, 1.165) is 35.8 Å². The summed E-state index contributed by atoms with van der Waals surface area (Å²) in [6, 6.07) is 9.38. The maximum absolute atomic E-state index is 5.89. The maximum atomic E-state index is 5.89. The number of ether oxygens (including phenoxy) is 1. The van der Waals surface area contributed by atoms with Gasteiger partial charge in [0.2, 0.25) is 0 Å². The van der Waals surface area contributed by atoms with E-state index < -0.39 is 0 Å². The van der Waals surface area contributed by atoms with Gasteiger partial charge in [-0.2, -0.15) is 0 Å². The van der Waals surface area contributed by atoms with E-state index in [4.69, 9.17) is 4.74 Å². The normalized spacial score (nSPS) is 33.6. The molecule has 1 saturated carbocycles. The van der Waals surface area contributed by atoms with Gasteiger partial charge in [-0.1, -0.05) is 31.7 Å². The predicted octanol–water partition coefficient (Wildman–Crippen LogP) is 3.09. The van der Waals surface area contributed by atoms with E-state index >= 15 is 0 Å². The number of fused-ring (bicyclic) bond motifs is 2. The van der Waals surface area contributed by atoms with Crippen molar-refractivity contribution >= 4 is 6.08 Å². The highest BCUT2D eigenvalue weighted by Crippen LogP contribution is 2.40. The second kappa shape index (κ2) is 4.77. The Morgan fingerprint density at radius 3 is 2.67 bits per heavy atom. The molecule has 3 aliphatic rings. The Morgan fingerprint density at radius 1 is 1.33 bits per heavy atom. The summed E-state index contributed by atoms with van der Waals surface area (Å²) < 4.78 is 5.89. The molecule has 2 nitrogen and oxygen atoms in total. The third kappa shape index (κ3) is 2.17. The van der Waals surface area contributed by atoms with Gasteiger partial charge in [0.05, 0.1) is 0 Å². The van der Waals surface area contributed by atoms with Crippen molar-refractivity contribution in [1.29, 1.82) is 0 Å². The minimum absolute atomic E-state index is 0.515. The summed E-state index contributed by atoms with van der Waals surface area (Å²) in [5, 5.41) is 3.68. The highest BCUT2D eigenvalue weighted by molar-refractivity contribution is 5.48. The zero-order valence-electron chi connectivity index (χ0n) is 10.9. The lowest BCUT2D eigenvalue weighted by Gasteiger charge is -2.50. The fraction of sp³-hybridized carbons (Fsp3) is 0.500. The highest BCUT2D eigenvalue weighted by Gasteiger charge is 2.43. The minimum Gasteiger partial charge on any atom is -0.492 e. The monoisotopic (exact) mass is 243 g/mol. The lowest BCUT2D eigenvalue weighted by Crippen LogP contribution is -2.60. The molecule has 0 aromatic heterocycles. The molecule has 2 saturated heterocycles. The van der Waals surface area contributed by atoms with Gasteiger partial charge in [-0.05, 0) is 42.4 Å². The lowest BCUT2D eigenvalue weighted by molar-refractivity contribution is 0.0334. The van der Waals surface area contributed by atoms with Gasteiger partial charge in [0.25, 0.3) is 0 Å². The average molecular weight is 243 g/mol. The number of hydrogen-bond donors (Lipinski definition) is 1. The van der Waals surface area contributed by atoms with Crippen molar-refractivity contribution in [1.82, 2.24) is 5.32 Å². The fourth-order valence-electron chi connectivity index (χ4n) is 3.10. The van der Waals surface area contributed by atoms with Crippen molar-refractivity contribution in [3.63, 3.8) is 0 Å². The van der Waals surface area contributed by atoms with E-state index in [1.54, 1.807) is 0 Å². The molecule has 3 fully saturated rings. The Balaban J connectivity index is 1.55. The molecule has 2 atom stereocenters. The first-order valence-corrected chi connectivity index (χ1v) is 6.87. The third-order valence-electron chi connectivity index (χ3n) is 4.55. The van der Waals surface area contributed by atoms with E-state index in [9.17, 15) is 0 Å². The average Bonchev–Trinajstić information content (AvgIpc) is 2.36. The molecule has 0 radical (unpaired) electrons. The first-order chi connectivity index (χ1) is 8.76. The van der Waals surface area contributed by atoms with E-state index in [1.165, 1.54) is 12.8 Å². The van der Waals surface area contributed by atoms with Gasteiger partial charge in [0.15, 0.2) is 0 Å². The van der Waals surface area contributed by atoms with Crippen LogP contribution in [0.4, 0.5) is 0 Å². The van der Waals surface area contributed by atoms with Gasteiger partial charge in [-0.3, -0.25) is 0 Å². The number of nitrogens with one attached hydrogen (secondary N) is 1. The molecule has 1 aromatic rings. The van der Waals surface area contributed by atoms with Crippen LogP contribution in [0, 0.1) is 11.8 Å². The first kappa shape index (κ1) is 11.8. The van der Waals surface area contributed by atoms with Crippen LogP contribution in [-0.2, 0) is 0 Å². The summed E-state index contributed by atoms with van der Waals surface area (Å²) in [6.07, 6.45) is 4.58. The number of benzene rings is 1. The lowest BCUT2D eigenvalue weighted by atomic mass is 9.66. The van der Waals surface area contributed by atoms with Crippen molar-refractivity contribution in [3.05, 3.63) is 36.4 Å². The Kier molecular flexibility index (Phi) is 3.13. The molecule has 2 aliphatic heterocycles. The quantitative estimate of drug-likeness (QED) is 0.877. The Morgan fingerprint density at radius 2 is 2.06 bits per heavy atom. The zero-order chi connectivity index (χ0) is 12.5. The van der Waals surface area contributed by atoms with Crippen molar-refractivity contribution < 1.29 is 4.74 Å². The molecule has 1 aromatic carbocycles. The maximum Gasteiger partial charge on any atom is 0.119 e. The van der Waals surface area contributed by atoms with Crippen LogP contribution >= 0.6 is 0 Å². The summed E-state index contributed by atoms with van der Waals surface area (Å²) in [4.78, 5) is 0. The highest BCUT2D eigenvalue weighted by atomic mass is 16.5. The molecule has 0 spiro atoms. The Bertz CT molecular complexity index is 419. The number of hydrogen-bond acceptors (Lipinski definition) is 2. The van der Waals surface area contributed by atoms with Gasteiger partial charge in [-0.25, -0.2) is 0 Å². The Hall–Kier alpha value is -1.28. The van der Waals surface area contributed by atoms with Gasteiger partial charge in [-0.15, -0.1) is 0 Å². The summed E-state index contributed by atoms with van der Waals surface area (Å²) in [5.41, 5.74) is 1.13. The van der Waals surface area contributed by atoms with Gasteiger partial charge in [0, 0.05) is 12.1 Å². The van der Waals surface area contributed by atoms with Gasteiger partial charge in [0.1, 0.15) is 12.4 Å². The van der Waals surface area contributed by atoms with Gasteiger partial charge >= 0.3 is 0 Å². The van der Waals surface area contributed by atoms with E-state index in [1.807, 2.05) is 30.3 Å². The van der Waals surface area contributed by atoms with Crippen LogP contribution in [0.5, 0.6) is 5.75 Å². The predicted molar refractivity (Wildman–Crippen MR) is 74.6 cm³/mol. The van der Waals surface area contributed by atoms with Gasteiger partial charge < -0.3 is 10.1 Å². The van der Waals surface area contributed by atoms with Crippen LogP contribution in [0.2, 0.25) is 0 Å². The molecule has 18 heavy (non-hydrogen) atoms. The molecular weight excluding hydrogens is 222 g/mol. The molecule has 2 heteroatoms. The molecular formula is C16H21NO. The molecule has 2 heterocycles. The largest absolute Gasteiger partial charge is 0.492 e. The molecule has 0 amide bonds. The fourth-order valence-corrected chi connectivity index (χ4v) is 3.10. The van der Waals surface area contributed by atoms with Crippen LogP contribution in [0.1, 0.15) is 25.3 Å². The molecule has 1 N–H and O–H groups in total. The molecule has 2 unspecified atom stereocenters. The van der Waals surface area contributed by atoms with Crippen LogP contribution < -0.4 is 10.1 Å². The number of piperidine rings is 2. The van der Waals surface area contributed by atoms with Crippen molar-refractivity contribution in [3.8, 4) is 5.75 Å². The smallest absolute Gasteiger partial charge is 0.119 e. The van der Waals surface area contributed by atoms with Crippen LogP contribution in [0.15, 0.2) is 30.8 Å². The summed E-state index contributed by atoms with van der Waals surface area (Å²) in [6.45, 7) is 6.88. The minimum atomic E-state index is 0.515. The summed E-state index contributed by atoms with van der Waals surface area (Å²) >= 11 is 0. The van der Waals surface area contributed by atoms with Crippen LogP contribution in [0.25, 0.3) is 6.08 Å². The van der Waals surface area contributed by atoms with E-state index in [0.29, 0.717) is 6.04 Å². The second-order valence-electron chi connectivity index (χ2n) is 5.64. The van der Waals surface area contributed by atoms with Crippen LogP contribution in [0.3, 0.4) is 0 Å². The summed E-state index contributed by atoms with van der Waals surface area (Å²) in [7, 11) is 0. The number of rotatable bonds is 4. The molecule has 4 rings (SSSR count). The topological polar surface area (TPSA) is 21.3 Å². The third-order valence-corrected chi connectivity index (χ3v) is 4.55. The zero-order valence-corrected chi connectivity index (χ0v) is 10.9. The molecule has 1 aliphatic carbocycles. The summed E-state index contributed by atoms with van der Waals surface area (Å²) in [5.74, 6) is 2.62. The van der Waals surface area contributed by atoms with E-state index in [2.05, 4.69) is 18.8 Å². The first-order valence-electron chi connectivity index (χ1n) is 6.87. The van der Waals surface area contributed by atoms with Crippen molar-refractivity contribution in [2.75, 3.05) is 6.61 Å². The SMILES string of the molecule is C=Cc1ccc(OCC2NC3CC(C3)C2C)cc1. The Labute approximate surface area is 109 Å². The molecule has 2 bridgehead atoms. The standard InChI is InChI=1S/C16H21NO/c1-3-12-4-6-15(7-5-12)18-10-16-11(2)13-8-14(9-13)17-16/h3-7,11,13-14,16-17H,1,8-10H2,2H3.